The maximum absolute atomic E-state index is 5.86. The van der Waals surface area contributed by atoms with E-state index in [-0.39, 0.29) is 12.2 Å². The zero-order valence-electron chi connectivity index (χ0n) is 16.2. The van der Waals surface area contributed by atoms with E-state index in [4.69, 9.17) is 14.5 Å². The molecule has 27 heavy (non-hydrogen) atoms. The van der Waals surface area contributed by atoms with Crippen molar-refractivity contribution in [1.82, 2.24) is 9.97 Å². The Kier molecular flexibility index (Phi) is 5.07. The molecule has 1 unspecified atom stereocenters. The number of hydrogen-bond acceptors (Lipinski definition) is 6. The van der Waals surface area contributed by atoms with Gasteiger partial charge < -0.3 is 14.4 Å². The Balaban J connectivity index is 1.61. The van der Waals surface area contributed by atoms with Crippen LogP contribution in [0.15, 0.2) is 35.6 Å². The molecule has 1 fully saturated rings. The van der Waals surface area contributed by atoms with Crippen molar-refractivity contribution < 1.29 is 9.47 Å². The number of benzene rings is 1. The summed E-state index contributed by atoms with van der Waals surface area (Å²) in [6.45, 7) is 6.60. The van der Waals surface area contributed by atoms with Crippen molar-refractivity contribution in [1.29, 1.82) is 0 Å². The van der Waals surface area contributed by atoms with Crippen LogP contribution < -0.4 is 9.64 Å². The van der Waals surface area contributed by atoms with Gasteiger partial charge in [-0.05, 0) is 44.4 Å². The maximum Gasteiger partial charge on any atom is 0.132 e. The number of fused-ring (bicyclic) bond motifs is 1. The normalized spacial score (nSPS) is 19.2. The molecule has 3 heterocycles. The first-order chi connectivity index (χ1) is 13.1. The highest BCUT2D eigenvalue weighted by molar-refractivity contribution is 6.14. The van der Waals surface area contributed by atoms with E-state index in [0.717, 1.165) is 54.5 Å². The molecule has 1 atom stereocenters. The fourth-order valence-corrected chi connectivity index (χ4v) is 3.72. The van der Waals surface area contributed by atoms with Crippen molar-refractivity contribution in [3.63, 3.8) is 0 Å². The lowest BCUT2D eigenvalue weighted by molar-refractivity contribution is 0.0891. The van der Waals surface area contributed by atoms with Crippen molar-refractivity contribution in [2.24, 2.45) is 4.99 Å². The summed E-state index contributed by atoms with van der Waals surface area (Å²) in [6, 6.07) is 8.23. The zero-order chi connectivity index (χ0) is 18.8. The Hall–Kier alpha value is -2.47. The zero-order valence-corrected chi connectivity index (χ0v) is 16.2. The highest BCUT2D eigenvalue weighted by atomic mass is 16.5. The molecule has 142 valence electrons. The average Bonchev–Trinajstić information content (AvgIpc) is 3.11. The van der Waals surface area contributed by atoms with Crippen LogP contribution in [-0.2, 0) is 11.3 Å². The number of aromatic nitrogens is 2. The van der Waals surface area contributed by atoms with Gasteiger partial charge in [0.2, 0.25) is 0 Å². The van der Waals surface area contributed by atoms with Gasteiger partial charge in [0.1, 0.15) is 17.9 Å². The first kappa shape index (κ1) is 17.9. The van der Waals surface area contributed by atoms with Crippen LogP contribution in [-0.4, -0.2) is 48.1 Å². The van der Waals surface area contributed by atoms with Crippen LogP contribution in [0.4, 0.5) is 5.82 Å². The van der Waals surface area contributed by atoms with Crippen molar-refractivity contribution in [3.8, 4) is 5.75 Å². The van der Waals surface area contributed by atoms with E-state index in [1.165, 1.54) is 5.56 Å². The second-order valence-electron chi connectivity index (χ2n) is 7.36. The summed E-state index contributed by atoms with van der Waals surface area (Å²) >= 11 is 0. The smallest absolute Gasteiger partial charge is 0.132 e. The molecule has 0 spiro atoms. The van der Waals surface area contributed by atoms with Gasteiger partial charge in [0.15, 0.2) is 0 Å². The summed E-state index contributed by atoms with van der Waals surface area (Å²) in [7, 11) is 1.78. The van der Waals surface area contributed by atoms with Crippen LogP contribution in [0.2, 0.25) is 0 Å². The second-order valence-corrected chi connectivity index (χ2v) is 7.36. The molecular formula is C21H26N4O2. The predicted octanol–water partition coefficient (Wildman–Crippen LogP) is 3.23. The minimum Gasteiger partial charge on any atom is -0.491 e. The average molecular weight is 366 g/mol. The van der Waals surface area contributed by atoms with Crippen LogP contribution in [0.5, 0.6) is 5.75 Å². The lowest BCUT2D eigenvalue weighted by atomic mass is 10.0. The molecule has 6 nitrogen and oxygen atoms in total. The van der Waals surface area contributed by atoms with E-state index in [2.05, 4.69) is 27.0 Å². The molecule has 1 saturated heterocycles. The van der Waals surface area contributed by atoms with Gasteiger partial charge in [-0.15, -0.1) is 0 Å². The van der Waals surface area contributed by atoms with Gasteiger partial charge in [-0.25, -0.2) is 9.97 Å². The van der Waals surface area contributed by atoms with Gasteiger partial charge in [-0.3, -0.25) is 4.99 Å². The monoisotopic (exact) mass is 366 g/mol. The standard InChI is InChI=1S/C21H26N4O2/c1-14(2)27-16-7-6-15-11-22-21(18(15)9-16)19-10-20(24-13-23-19)25-8-4-5-17(12-25)26-3/h6-7,9-10,13-14,17H,4-5,8,11-12H2,1-3H3. The van der Waals surface area contributed by atoms with E-state index < -0.39 is 0 Å². The highest BCUT2D eigenvalue weighted by Crippen LogP contribution is 2.28. The van der Waals surface area contributed by atoms with E-state index in [1.807, 2.05) is 26.0 Å². The first-order valence-electron chi connectivity index (χ1n) is 9.58. The van der Waals surface area contributed by atoms with E-state index in [1.54, 1.807) is 13.4 Å². The summed E-state index contributed by atoms with van der Waals surface area (Å²) < 4.78 is 11.4. The fraction of sp³-hybridized carbons (Fsp3) is 0.476. The molecule has 0 saturated carbocycles. The Morgan fingerprint density at radius 2 is 2.07 bits per heavy atom. The molecule has 1 aromatic heterocycles. The molecule has 0 amide bonds. The Labute approximate surface area is 160 Å². The van der Waals surface area contributed by atoms with Crippen molar-refractivity contribution in [3.05, 3.63) is 47.4 Å². The number of nitrogens with zero attached hydrogens (tertiary/aromatic N) is 4. The van der Waals surface area contributed by atoms with E-state index >= 15 is 0 Å². The topological polar surface area (TPSA) is 59.8 Å². The molecule has 0 N–H and O–H groups in total. The van der Waals surface area contributed by atoms with Gasteiger partial charge >= 0.3 is 0 Å². The summed E-state index contributed by atoms with van der Waals surface area (Å²) in [5.41, 5.74) is 4.09. The SMILES string of the molecule is COC1CCCN(c2cc(C3=NCc4ccc(OC(C)C)cc43)ncn2)C1. The van der Waals surface area contributed by atoms with Crippen LogP contribution in [0, 0.1) is 0 Å². The molecule has 0 radical (unpaired) electrons. The summed E-state index contributed by atoms with van der Waals surface area (Å²) in [6.07, 6.45) is 4.25. The minimum atomic E-state index is 0.142. The lowest BCUT2D eigenvalue weighted by Gasteiger charge is -2.32. The van der Waals surface area contributed by atoms with Crippen molar-refractivity contribution in [2.45, 2.75) is 45.4 Å². The Morgan fingerprint density at radius 1 is 1.19 bits per heavy atom. The van der Waals surface area contributed by atoms with Gasteiger partial charge in [-0.1, -0.05) is 6.07 Å². The summed E-state index contributed by atoms with van der Waals surface area (Å²) in [5, 5.41) is 0. The number of anilines is 1. The highest BCUT2D eigenvalue weighted by Gasteiger charge is 2.23. The second kappa shape index (κ2) is 7.64. The largest absolute Gasteiger partial charge is 0.491 e. The molecule has 4 rings (SSSR count). The van der Waals surface area contributed by atoms with E-state index in [9.17, 15) is 0 Å². The summed E-state index contributed by atoms with van der Waals surface area (Å²) in [4.78, 5) is 16.0. The Morgan fingerprint density at radius 3 is 2.89 bits per heavy atom. The van der Waals surface area contributed by atoms with Crippen LogP contribution >= 0.6 is 0 Å². The third-order valence-corrected chi connectivity index (χ3v) is 5.05. The van der Waals surface area contributed by atoms with Crippen LogP contribution in [0.25, 0.3) is 0 Å². The summed E-state index contributed by atoms with van der Waals surface area (Å²) in [5.74, 6) is 1.80. The molecule has 1 aromatic carbocycles. The van der Waals surface area contributed by atoms with Crippen LogP contribution in [0.1, 0.15) is 43.5 Å². The molecule has 2 aliphatic heterocycles. The maximum atomic E-state index is 5.86. The fourth-order valence-electron chi connectivity index (χ4n) is 3.72. The third kappa shape index (κ3) is 3.81. The lowest BCUT2D eigenvalue weighted by Crippen LogP contribution is -2.39. The third-order valence-electron chi connectivity index (χ3n) is 5.05. The van der Waals surface area contributed by atoms with Gasteiger partial charge in [0.05, 0.1) is 30.2 Å². The molecule has 0 bridgehead atoms. The molecular weight excluding hydrogens is 340 g/mol. The minimum absolute atomic E-state index is 0.142. The molecule has 2 aromatic rings. The number of hydrogen-bond donors (Lipinski definition) is 0. The van der Waals surface area contributed by atoms with Gasteiger partial charge in [-0.2, -0.15) is 0 Å². The number of aliphatic imine (C=N–C) groups is 1. The van der Waals surface area contributed by atoms with E-state index in [0.29, 0.717) is 6.54 Å². The first-order valence-corrected chi connectivity index (χ1v) is 9.58. The van der Waals surface area contributed by atoms with Crippen molar-refractivity contribution in [2.75, 3.05) is 25.1 Å². The number of ether oxygens (including phenoxy) is 2. The van der Waals surface area contributed by atoms with Crippen LogP contribution in [0.3, 0.4) is 0 Å². The number of rotatable bonds is 5. The van der Waals surface area contributed by atoms with Gasteiger partial charge in [0.25, 0.3) is 0 Å². The number of piperidine rings is 1. The van der Waals surface area contributed by atoms with Crippen molar-refractivity contribution >= 4 is 11.5 Å². The molecule has 0 aliphatic carbocycles. The molecule has 6 heteroatoms. The Bertz CT molecular complexity index is 850. The predicted molar refractivity (Wildman–Crippen MR) is 106 cm³/mol. The quantitative estimate of drug-likeness (QED) is 0.813. The molecule has 2 aliphatic rings. The van der Waals surface area contributed by atoms with Gasteiger partial charge in [0, 0.05) is 31.8 Å². The number of methoxy groups -OCH3 is 1.